The van der Waals surface area contributed by atoms with Crippen LogP contribution in [0.2, 0.25) is 0 Å². The van der Waals surface area contributed by atoms with Crippen molar-refractivity contribution in [3.8, 4) is 11.1 Å². The average Bonchev–Trinajstić information content (AvgIpc) is 2.70. The molecule has 28 heavy (non-hydrogen) atoms. The molecule has 3 heteroatoms. The van der Waals surface area contributed by atoms with Crippen molar-refractivity contribution in [2.24, 2.45) is 5.92 Å². The Balaban J connectivity index is 1.89. The number of halogens is 2. The first kappa shape index (κ1) is 20.4. The van der Waals surface area contributed by atoms with Gasteiger partial charge in [0.15, 0.2) is 5.82 Å². The topological polar surface area (TPSA) is 12.9 Å². The zero-order valence-electron chi connectivity index (χ0n) is 17.1. The van der Waals surface area contributed by atoms with Gasteiger partial charge in [0, 0.05) is 17.0 Å². The van der Waals surface area contributed by atoms with Crippen LogP contribution in [0.5, 0.6) is 0 Å². The standard InChI is InChI=1S/C25H29F2N/c1-4-6-7-8-18(5-2)13-24-25(27)22-12-10-19(14-20(22)16-28-24)23-15-21(26)11-9-17(23)3/h9-12,14-16,18H,4-8,13H2,1-3H3. The van der Waals surface area contributed by atoms with Gasteiger partial charge in [-0.05, 0) is 54.2 Å². The van der Waals surface area contributed by atoms with Gasteiger partial charge in [0.25, 0.3) is 0 Å². The minimum absolute atomic E-state index is 0.214. The van der Waals surface area contributed by atoms with Crippen molar-refractivity contribution in [1.82, 2.24) is 4.98 Å². The predicted molar refractivity (Wildman–Crippen MR) is 113 cm³/mol. The Morgan fingerprint density at radius 2 is 1.82 bits per heavy atom. The summed E-state index contributed by atoms with van der Waals surface area (Å²) >= 11 is 0. The molecule has 1 heterocycles. The van der Waals surface area contributed by atoms with Crippen LogP contribution in [0.15, 0.2) is 42.6 Å². The lowest BCUT2D eigenvalue weighted by Crippen LogP contribution is -2.07. The summed E-state index contributed by atoms with van der Waals surface area (Å²) in [6.45, 7) is 6.32. The van der Waals surface area contributed by atoms with E-state index in [1.54, 1.807) is 18.3 Å². The molecule has 0 fully saturated rings. The van der Waals surface area contributed by atoms with Gasteiger partial charge in [0.2, 0.25) is 0 Å². The number of aryl methyl sites for hydroxylation is 1. The zero-order valence-corrected chi connectivity index (χ0v) is 17.1. The first-order valence-electron chi connectivity index (χ1n) is 10.4. The Bertz CT molecular complexity index is 949. The van der Waals surface area contributed by atoms with Crippen molar-refractivity contribution >= 4 is 10.8 Å². The molecule has 0 aliphatic rings. The Hall–Kier alpha value is -2.29. The van der Waals surface area contributed by atoms with Crippen LogP contribution in [0.1, 0.15) is 57.2 Å². The fraction of sp³-hybridized carbons (Fsp3) is 0.400. The second kappa shape index (κ2) is 9.27. The Morgan fingerprint density at radius 1 is 1.00 bits per heavy atom. The molecule has 0 aliphatic heterocycles. The lowest BCUT2D eigenvalue weighted by atomic mass is 9.92. The van der Waals surface area contributed by atoms with E-state index in [2.05, 4.69) is 18.8 Å². The summed E-state index contributed by atoms with van der Waals surface area (Å²) < 4.78 is 28.8. The normalized spacial score (nSPS) is 12.5. The van der Waals surface area contributed by atoms with Crippen LogP contribution in [-0.2, 0) is 6.42 Å². The smallest absolute Gasteiger partial charge is 0.152 e. The van der Waals surface area contributed by atoms with Crippen molar-refractivity contribution in [1.29, 1.82) is 0 Å². The molecule has 148 valence electrons. The molecule has 0 radical (unpaired) electrons. The lowest BCUT2D eigenvalue weighted by molar-refractivity contribution is 0.430. The second-order valence-corrected chi connectivity index (χ2v) is 7.75. The average molecular weight is 382 g/mol. The molecular weight excluding hydrogens is 352 g/mol. The number of aromatic nitrogens is 1. The van der Waals surface area contributed by atoms with Crippen molar-refractivity contribution in [2.75, 3.05) is 0 Å². The predicted octanol–water partition coefficient (Wildman–Crippen LogP) is 7.64. The molecule has 0 amide bonds. The number of unbranched alkanes of at least 4 members (excludes halogenated alkanes) is 2. The molecular formula is C25H29F2N. The van der Waals surface area contributed by atoms with Gasteiger partial charge in [-0.25, -0.2) is 8.78 Å². The molecule has 1 unspecified atom stereocenters. The van der Waals surface area contributed by atoms with Gasteiger partial charge in [-0.15, -0.1) is 0 Å². The summed E-state index contributed by atoms with van der Waals surface area (Å²) in [4.78, 5) is 4.45. The molecule has 0 spiro atoms. The summed E-state index contributed by atoms with van der Waals surface area (Å²) in [6, 6.07) is 10.3. The van der Waals surface area contributed by atoms with Crippen LogP contribution in [0.3, 0.4) is 0 Å². The number of pyridine rings is 1. The first-order valence-corrected chi connectivity index (χ1v) is 10.4. The zero-order chi connectivity index (χ0) is 20.1. The van der Waals surface area contributed by atoms with Crippen LogP contribution in [0.4, 0.5) is 8.78 Å². The maximum atomic E-state index is 15.1. The van der Waals surface area contributed by atoms with Crippen LogP contribution >= 0.6 is 0 Å². The summed E-state index contributed by atoms with van der Waals surface area (Å²) in [5.74, 6) is -0.0109. The van der Waals surface area contributed by atoms with E-state index in [1.165, 1.54) is 31.4 Å². The summed E-state index contributed by atoms with van der Waals surface area (Å²) in [5, 5.41) is 1.34. The molecule has 1 nitrogen and oxygen atoms in total. The number of nitrogens with zero attached hydrogens (tertiary/aromatic N) is 1. The molecule has 0 saturated heterocycles. The molecule has 1 aromatic heterocycles. The van der Waals surface area contributed by atoms with Crippen LogP contribution in [0, 0.1) is 24.5 Å². The van der Waals surface area contributed by atoms with Crippen molar-refractivity contribution < 1.29 is 8.78 Å². The molecule has 3 aromatic rings. The van der Waals surface area contributed by atoms with E-state index < -0.39 is 0 Å². The second-order valence-electron chi connectivity index (χ2n) is 7.75. The van der Waals surface area contributed by atoms with Gasteiger partial charge in [-0.2, -0.15) is 0 Å². The molecule has 0 N–H and O–H groups in total. The van der Waals surface area contributed by atoms with E-state index in [0.717, 1.165) is 34.9 Å². The van der Waals surface area contributed by atoms with Gasteiger partial charge >= 0.3 is 0 Å². The summed E-state index contributed by atoms with van der Waals surface area (Å²) in [5.41, 5.74) is 3.26. The van der Waals surface area contributed by atoms with E-state index in [4.69, 9.17) is 0 Å². The number of hydrogen-bond acceptors (Lipinski definition) is 1. The Morgan fingerprint density at radius 3 is 2.57 bits per heavy atom. The van der Waals surface area contributed by atoms with Crippen LogP contribution < -0.4 is 0 Å². The van der Waals surface area contributed by atoms with Gasteiger partial charge in [0.1, 0.15) is 5.82 Å². The highest BCUT2D eigenvalue weighted by Crippen LogP contribution is 2.30. The molecule has 2 aromatic carbocycles. The Kier molecular flexibility index (Phi) is 6.77. The minimum atomic E-state index is -0.269. The molecule has 0 bridgehead atoms. The van der Waals surface area contributed by atoms with E-state index in [1.807, 2.05) is 19.1 Å². The van der Waals surface area contributed by atoms with Crippen LogP contribution in [0.25, 0.3) is 21.9 Å². The highest BCUT2D eigenvalue weighted by Gasteiger charge is 2.15. The van der Waals surface area contributed by atoms with Gasteiger partial charge < -0.3 is 0 Å². The van der Waals surface area contributed by atoms with E-state index in [0.29, 0.717) is 23.4 Å². The third-order valence-electron chi connectivity index (χ3n) is 5.69. The van der Waals surface area contributed by atoms with Gasteiger partial charge in [0.05, 0.1) is 5.69 Å². The van der Waals surface area contributed by atoms with Gasteiger partial charge in [-0.3, -0.25) is 4.98 Å². The monoisotopic (exact) mass is 381 g/mol. The van der Waals surface area contributed by atoms with E-state index >= 15 is 4.39 Å². The highest BCUT2D eigenvalue weighted by molar-refractivity contribution is 5.88. The van der Waals surface area contributed by atoms with Crippen LogP contribution in [-0.4, -0.2) is 4.98 Å². The number of hydrogen-bond donors (Lipinski definition) is 0. The lowest BCUT2D eigenvalue weighted by Gasteiger charge is -2.15. The highest BCUT2D eigenvalue weighted by atomic mass is 19.1. The Labute approximate surface area is 166 Å². The minimum Gasteiger partial charge on any atom is -0.258 e. The quantitative estimate of drug-likeness (QED) is 0.365. The fourth-order valence-corrected chi connectivity index (χ4v) is 3.85. The molecule has 3 rings (SSSR count). The first-order chi connectivity index (χ1) is 13.5. The molecule has 1 atom stereocenters. The van der Waals surface area contributed by atoms with Crippen molar-refractivity contribution in [3.63, 3.8) is 0 Å². The summed E-state index contributed by atoms with van der Waals surface area (Å²) in [7, 11) is 0. The maximum Gasteiger partial charge on any atom is 0.152 e. The SMILES string of the molecule is CCCCCC(CC)Cc1ncc2cc(-c3cc(F)ccc3C)ccc2c1F. The largest absolute Gasteiger partial charge is 0.258 e. The fourth-order valence-electron chi connectivity index (χ4n) is 3.85. The number of benzene rings is 2. The van der Waals surface area contributed by atoms with Crippen molar-refractivity contribution in [3.05, 3.63) is 65.5 Å². The van der Waals surface area contributed by atoms with Crippen molar-refractivity contribution in [2.45, 2.75) is 59.3 Å². The van der Waals surface area contributed by atoms with E-state index in [9.17, 15) is 4.39 Å². The summed E-state index contributed by atoms with van der Waals surface area (Å²) in [6.07, 6.45) is 8.23. The third kappa shape index (κ3) is 4.57. The van der Waals surface area contributed by atoms with E-state index in [-0.39, 0.29) is 11.6 Å². The number of rotatable bonds is 8. The third-order valence-corrected chi connectivity index (χ3v) is 5.69. The molecule has 0 saturated carbocycles. The van der Waals surface area contributed by atoms with Gasteiger partial charge in [-0.1, -0.05) is 64.2 Å². The molecule has 0 aliphatic carbocycles. The maximum absolute atomic E-state index is 15.1. The number of fused-ring (bicyclic) bond motifs is 1.